The van der Waals surface area contributed by atoms with Gasteiger partial charge in [-0.25, -0.2) is 0 Å². The van der Waals surface area contributed by atoms with E-state index in [-0.39, 0.29) is 18.0 Å². The minimum Gasteiger partial charge on any atom is -0.462 e. The van der Waals surface area contributed by atoms with Crippen molar-refractivity contribution in [2.75, 3.05) is 33.7 Å². The number of aryl methyl sites for hydroxylation is 1. The van der Waals surface area contributed by atoms with E-state index in [9.17, 15) is 9.59 Å². The van der Waals surface area contributed by atoms with Crippen LogP contribution in [0.4, 0.5) is 0 Å². The lowest BCUT2D eigenvalue weighted by Gasteiger charge is -2.31. The van der Waals surface area contributed by atoms with Gasteiger partial charge in [0.15, 0.2) is 0 Å². The van der Waals surface area contributed by atoms with Crippen molar-refractivity contribution >= 4 is 23.2 Å². The number of rotatable bonds is 7. The van der Waals surface area contributed by atoms with Crippen LogP contribution < -0.4 is 0 Å². The molecule has 23 heavy (non-hydrogen) atoms. The molecule has 1 aromatic heterocycles. The molecule has 0 bridgehead atoms. The van der Waals surface area contributed by atoms with Crippen molar-refractivity contribution in [3.8, 4) is 0 Å². The Balaban J connectivity index is 1.60. The Morgan fingerprint density at radius 3 is 2.70 bits per heavy atom. The first-order chi connectivity index (χ1) is 11.0. The van der Waals surface area contributed by atoms with Gasteiger partial charge in [-0.1, -0.05) is 6.07 Å². The van der Waals surface area contributed by atoms with Crippen LogP contribution in [0.3, 0.4) is 0 Å². The number of ether oxygens (including phenoxy) is 1. The molecule has 1 amide bonds. The number of likely N-dealkylation sites (N-methyl/N-ethyl adjacent to an activating group) is 1. The molecule has 1 aliphatic heterocycles. The molecule has 0 unspecified atom stereocenters. The van der Waals surface area contributed by atoms with E-state index in [1.54, 1.807) is 30.3 Å². The van der Waals surface area contributed by atoms with Crippen LogP contribution in [-0.2, 0) is 20.7 Å². The summed E-state index contributed by atoms with van der Waals surface area (Å²) in [5.41, 5.74) is 0. The van der Waals surface area contributed by atoms with Gasteiger partial charge in [-0.15, -0.1) is 11.3 Å². The predicted molar refractivity (Wildman–Crippen MR) is 91.5 cm³/mol. The second kappa shape index (κ2) is 9.03. The van der Waals surface area contributed by atoms with Gasteiger partial charge in [-0.3, -0.25) is 14.5 Å². The summed E-state index contributed by atoms with van der Waals surface area (Å²) in [6, 6.07) is 4.13. The van der Waals surface area contributed by atoms with E-state index in [1.807, 2.05) is 6.07 Å². The van der Waals surface area contributed by atoms with E-state index in [0.29, 0.717) is 13.0 Å². The van der Waals surface area contributed by atoms with Gasteiger partial charge in [-0.2, -0.15) is 0 Å². The third kappa shape index (κ3) is 6.31. The molecular formula is C17H26N2O3S. The van der Waals surface area contributed by atoms with Crippen LogP contribution in [0.2, 0.25) is 0 Å². The van der Waals surface area contributed by atoms with Gasteiger partial charge in [-0.05, 0) is 37.1 Å². The zero-order valence-corrected chi connectivity index (χ0v) is 14.8. The average molecular weight is 338 g/mol. The summed E-state index contributed by atoms with van der Waals surface area (Å²) in [6.45, 7) is 2.08. The number of carbonyl (C=O) groups excluding carboxylic acids is 2. The average Bonchev–Trinajstić information content (AvgIpc) is 3.02. The van der Waals surface area contributed by atoms with Gasteiger partial charge >= 0.3 is 5.97 Å². The van der Waals surface area contributed by atoms with Crippen LogP contribution in [0.25, 0.3) is 0 Å². The van der Waals surface area contributed by atoms with E-state index >= 15 is 0 Å². The minimum atomic E-state index is -0.0932. The Hall–Kier alpha value is -1.40. The predicted octanol–water partition coefficient (Wildman–Crippen LogP) is 2.17. The zero-order chi connectivity index (χ0) is 16.7. The summed E-state index contributed by atoms with van der Waals surface area (Å²) in [5.74, 6) is 0.0263. The summed E-state index contributed by atoms with van der Waals surface area (Å²) < 4.78 is 5.55. The first-order valence-corrected chi connectivity index (χ1v) is 9.07. The van der Waals surface area contributed by atoms with E-state index in [4.69, 9.17) is 4.74 Å². The van der Waals surface area contributed by atoms with E-state index in [2.05, 4.69) is 16.3 Å². The Morgan fingerprint density at radius 1 is 1.35 bits per heavy atom. The zero-order valence-electron chi connectivity index (χ0n) is 14.0. The Kier molecular flexibility index (Phi) is 7.05. The van der Waals surface area contributed by atoms with Crippen LogP contribution in [0.15, 0.2) is 17.5 Å². The highest BCUT2D eigenvalue weighted by Gasteiger charge is 2.23. The van der Waals surface area contributed by atoms with Crippen LogP contribution in [0.1, 0.15) is 30.6 Å². The Bertz CT molecular complexity index is 494. The van der Waals surface area contributed by atoms with Crippen LogP contribution in [0, 0.1) is 0 Å². The van der Waals surface area contributed by atoms with Crippen molar-refractivity contribution < 1.29 is 14.3 Å². The van der Waals surface area contributed by atoms with Gasteiger partial charge < -0.3 is 9.64 Å². The number of thiophene rings is 1. The van der Waals surface area contributed by atoms with Crippen molar-refractivity contribution in [3.05, 3.63) is 22.4 Å². The molecule has 0 radical (unpaired) electrons. The van der Waals surface area contributed by atoms with Crippen LogP contribution in [0.5, 0.6) is 0 Å². The standard InChI is InChI=1S/C17H26N2O3S/c1-18(2)16(20)13-19-10-8-14(9-11-19)22-17(21)7-3-5-15-6-4-12-23-15/h4,6,12,14H,3,5,7-11,13H2,1-2H3. The van der Waals surface area contributed by atoms with Gasteiger partial charge in [0.05, 0.1) is 6.54 Å². The maximum absolute atomic E-state index is 11.9. The Labute approximate surface area is 142 Å². The fraction of sp³-hybridized carbons (Fsp3) is 0.647. The molecule has 0 spiro atoms. The topological polar surface area (TPSA) is 49.9 Å². The molecule has 2 rings (SSSR count). The molecule has 0 saturated carbocycles. The monoisotopic (exact) mass is 338 g/mol. The van der Waals surface area contributed by atoms with Crippen molar-refractivity contribution in [3.63, 3.8) is 0 Å². The fourth-order valence-electron chi connectivity index (χ4n) is 2.62. The molecule has 0 N–H and O–H groups in total. The van der Waals surface area contributed by atoms with Crippen molar-refractivity contribution in [2.45, 2.75) is 38.2 Å². The van der Waals surface area contributed by atoms with Crippen molar-refractivity contribution in [2.24, 2.45) is 0 Å². The van der Waals surface area contributed by atoms with Crippen LogP contribution >= 0.6 is 11.3 Å². The normalized spacial score (nSPS) is 16.3. The SMILES string of the molecule is CN(C)C(=O)CN1CCC(OC(=O)CCCc2cccs2)CC1. The number of hydrogen-bond acceptors (Lipinski definition) is 5. The van der Waals surface area contributed by atoms with Gasteiger partial charge in [0, 0.05) is 38.5 Å². The molecule has 6 heteroatoms. The molecule has 1 aromatic rings. The largest absolute Gasteiger partial charge is 0.462 e. The molecule has 128 valence electrons. The number of piperidine rings is 1. The molecule has 0 aliphatic carbocycles. The van der Waals surface area contributed by atoms with Gasteiger partial charge in [0.25, 0.3) is 0 Å². The molecule has 0 aromatic carbocycles. The summed E-state index contributed by atoms with van der Waals surface area (Å²) in [5, 5.41) is 2.06. The number of carbonyl (C=O) groups is 2. The van der Waals surface area contributed by atoms with Gasteiger partial charge in [0.2, 0.25) is 5.91 Å². The number of hydrogen-bond donors (Lipinski definition) is 0. The molecule has 0 atom stereocenters. The summed E-state index contributed by atoms with van der Waals surface area (Å²) in [6.07, 6.45) is 3.91. The highest BCUT2D eigenvalue weighted by Crippen LogP contribution is 2.16. The molecule has 1 fully saturated rings. The van der Waals surface area contributed by atoms with Gasteiger partial charge in [0.1, 0.15) is 6.10 Å². The third-order valence-corrected chi connectivity index (χ3v) is 5.01. The van der Waals surface area contributed by atoms with E-state index < -0.39 is 0 Å². The summed E-state index contributed by atoms with van der Waals surface area (Å²) in [7, 11) is 3.54. The fourth-order valence-corrected chi connectivity index (χ4v) is 3.38. The number of esters is 1. The summed E-state index contributed by atoms with van der Waals surface area (Å²) in [4.78, 5) is 28.6. The maximum atomic E-state index is 11.9. The second-order valence-electron chi connectivity index (χ2n) is 6.19. The Morgan fingerprint density at radius 2 is 2.09 bits per heavy atom. The van der Waals surface area contributed by atoms with Crippen LogP contribution in [-0.4, -0.2) is 61.5 Å². The first-order valence-electron chi connectivity index (χ1n) is 8.19. The molecule has 2 heterocycles. The lowest BCUT2D eigenvalue weighted by atomic mass is 10.1. The molecular weight excluding hydrogens is 312 g/mol. The highest BCUT2D eigenvalue weighted by molar-refractivity contribution is 7.09. The van der Waals surface area contributed by atoms with Crippen molar-refractivity contribution in [1.82, 2.24) is 9.80 Å². The summed E-state index contributed by atoms with van der Waals surface area (Å²) >= 11 is 1.73. The smallest absolute Gasteiger partial charge is 0.306 e. The van der Waals surface area contributed by atoms with Crippen molar-refractivity contribution in [1.29, 1.82) is 0 Å². The molecule has 5 nitrogen and oxygen atoms in total. The minimum absolute atomic E-state index is 0.00921. The maximum Gasteiger partial charge on any atom is 0.306 e. The lowest BCUT2D eigenvalue weighted by molar-refractivity contribution is -0.151. The quantitative estimate of drug-likeness (QED) is 0.715. The van der Waals surface area contributed by atoms with E-state index in [1.165, 1.54) is 4.88 Å². The third-order valence-electron chi connectivity index (χ3n) is 4.07. The number of likely N-dealkylation sites (tertiary alicyclic amines) is 1. The number of amides is 1. The van der Waals surface area contributed by atoms with E-state index in [0.717, 1.165) is 38.8 Å². The molecule has 1 aliphatic rings. The molecule has 1 saturated heterocycles. The second-order valence-corrected chi connectivity index (χ2v) is 7.22. The highest BCUT2D eigenvalue weighted by atomic mass is 32.1. The lowest BCUT2D eigenvalue weighted by Crippen LogP contribution is -2.43. The number of nitrogens with zero attached hydrogens (tertiary/aromatic N) is 2. The first kappa shape index (κ1) is 17.9.